The fraction of sp³-hybridized carbons (Fsp3) is 0.800. The summed E-state index contributed by atoms with van der Waals surface area (Å²) in [5, 5.41) is 8.47. The topological polar surface area (TPSA) is 44.1 Å². The van der Waals surface area contributed by atoms with Crippen molar-refractivity contribution in [1.82, 2.24) is 4.90 Å². The highest BCUT2D eigenvalue weighted by Crippen LogP contribution is 2.27. The molecular formula is C10H15ClN2O. The summed E-state index contributed by atoms with van der Waals surface area (Å²) in [5.41, 5.74) is 0. The molecule has 0 aliphatic heterocycles. The summed E-state index contributed by atoms with van der Waals surface area (Å²) in [5.74, 6) is 0.686. The SMILES string of the molecule is N#CCCN(C(=O)CCCCl)C1CC1. The first-order valence-electron chi connectivity index (χ1n) is 5.02. The van der Waals surface area contributed by atoms with Gasteiger partial charge in [0.15, 0.2) is 0 Å². The number of hydrogen-bond donors (Lipinski definition) is 0. The first kappa shape index (κ1) is 11.3. The fourth-order valence-corrected chi connectivity index (χ4v) is 1.56. The molecule has 1 rings (SSSR count). The normalized spacial score (nSPS) is 14.9. The number of nitrogens with zero attached hydrogens (tertiary/aromatic N) is 2. The van der Waals surface area contributed by atoms with Crippen LogP contribution in [-0.2, 0) is 4.79 Å². The fourth-order valence-electron chi connectivity index (χ4n) is 1.43. The maximum atomic E-state index is 11.6. The number of halogens is 1. The van der Waals surface area contributed by atoms with E-state index in [0.29, 0.717) is 31.3 Å². The summed E-state index contributed by atoms with van der Waals surface area (Å²) in [4.78, 5) is 13.5. The van der Waals surface area contributed by atoms with E-state index in [1.54, 1.807) is 0 Å². The van der Waals surface area contributed by atoms with Gasteiger partial charge in [-0.15, -0.1) is 11.6 Å². The molecule has 0 unspecified atom stereocenters. The molecule has 1 aliphatic carbocycles. The molecule has 0 aromatic carbocycles. The molecule has 1 aliphatic rings. The van der Waals surface area contributed by atoms with Crippen LogP contribution in [0.15, 0.2) is 0 Å². The van der Waals surface area contributed by atoms with Crippen molar-refractivity contribution in [3.05, 3.63) is 0 Å². The Morgan fingerprint density at radius 3 is 2.79 bits per heavy atom. The van der Waals surface area contributed by atoms with Gasteiger partial charge in [-0.1, -0.05) is 0 Å². The Kier molecular flexibility index (Phi) is 4.75. The van der Waals surface area contributed by atoms with Crippen LogP contribution in [0.2, 0.25) is 0 Å². The second-order valence-electron chi connectivity index (χ2n) is 3.52. The molecule has 0 radical (unpaired) electrons. The van der Waals surface area contributed by atoms with Crippen LogP contribution in [0.25, 0.3) is 0 Å². The Balaban J connectivity index is 2.33. The molecular weight excluding hydrogens is 200 g/mol. The Labute approximate surface area is 89.6 Å². The van der Waals surface area contributed by atoms with E-state index in [4.69, 9.17) is 16.9 Å². The van der Waals surface area contributed by atoms with Gasteiger partial charge in [-0.2, -0.15) is 5.26 Å². The van der Waals surface area contributed by atoms with Crippen molar-refractivity contribution in [1.29, 1.82) is 5.26 Å². The highest BCUT2D eigenvalue weighted by Gasteiger charge is 2.31. The van der Waals surface area contributed by atoms with Gasteiger partial charge in [0.05, 0.1) is 12.5 Å². The molecule has 4 heteroatoms. The Morgan fingerprint density at radius 1 is 1.57 bits per heavy atom. The molecule has 0 N–H and O–H groups in total. The number of hydrogen-bond acceptors (Lipinski definition) is 2. The van der Waals surface area contributed by atoms with Crippen molar-refractivity contribution >= 4 is 17.5 Å². The average Bonchev–Trinajstić information content (AvgIpc) is 2.99. The van der Waals surface area contributed by atoms with E-state index in [-0.39, 0.29) is 5.91 Å². The number of carbonyl (C=O) groups excluding carboxylic acids is 1. The molecule has 0 aromatic heterocycles. The highest BCUT2D eigenvalue weighted by atomic mass is 35.5. The Hall–Kier alpha value is -0.750. The lowest BCUT2D eigenvalue weighted by molar-refractivity contribution is -0.131. The summed E-state index contributed by atoms with van der Waals surface area (Å²) in [6.45, 7) is 0.586. The van der Waals surface area contributed by atoms with E-state index in [9.17, 15) is 4.79 Å². The molecule has 0 saturated heterocycles. The van der Waals surface area contributed by atoms with Crippen molar-refractivity contribution in [3.8, 4) is 6.07 Å². The maximum Gasteiger partial charge on any atom is 0.222 e. The summed E-state index contributed by atoms with van der Waals surface area (Å²) in [7, 11) is 0. The van der Waals surface area contributed by atoms with Gasteiger partial charge < -0.3 is 4.90 Å². The second kappa shape index (κ2) is 5.87. The van der Waals surface area contributed by atoms with Gasteiger partial charge in [0.2, 0.25) is 5.91 Å². The molecule has 0 atom stereocenters. The van der Waals surface area contributed by atoms with E-state index in [1.165, 1.54) is 0 Å². The van der Waals surface area contributed by atoms with Crippen LogP contribution in [0.4, 0.5) is 0 Å². The van der Waals surface area contributed by atoms with Crippen LogP contribution < -0.4 is 0 Å². The first-order chi connectivity index (χ1) is 6.79. The molecule has 1 amide bonds. The zero-order valence-corrected chi connectivity index (χ0v) is 8.96. The Bertz CT molecular complexity index is 233. The summed E-state index contributed by atoms with van der Waals surface area (Å²) < 4.78 is 0. The second-order valence-corrected chi connectivity index (χ2v) is 3.90. The molecule has 1 saturated carbocycles. The van der Waals surface area contributed by atoms with Crippen LogP contribution >= 0.6 is 11.6 Å². The quantitative estimate of drug-likeness (QED) is 0.634. The summed E-state index contributed by atoms with van der Waals surface area (Å²) in [6, 6.07) is 2.48. The van der Waals surface area contributed by atoms with Crippen LogP contribution in [0.5, 0.6) is 0 Å². The third kappa shape index (κ3) is 3.55. The molecule has 3 nitrogen and oxygen atoms in total. The molecule has 0 heterocycles. The molecule has 0 spiro atoms. The number of amides is 1. The van der Waals surface area contributed by atoms with Crippen molar-refractivity contribution in [2.75, 3.05) is 12.4 Å². The van der Waals surface area contributed by atoms with Crippen molar-refractivity contribution in [2.24, 2.45) is 0 Å². The largest absolute Gasteiger partial charge is 0.339 e. The van der Waals surface area contributed by atoms with E-state index >= 15 is 0 Å². The van der Waals surface area contributed by atoms with E-state index in [1.807, 2.05) is 4.90 Å². The third-order valence-corrected chi connectivity index (χ3v) is 2.56. The van der Waals surface area contributed by atoms with Gasteiger partial charge in [-0.25, -0.2) is 0 Å². The van der Waals surface area contributed by atoms with Gasteiger partial charge in [0.1, 0.15) is 0 Å². The number of alkyl halides is 1. The Morgan fingerprint density at radius 2 is 2.29 bits per heavy atom. The van der Waals surface area contributed by atoms with E-state index in [0.717, 1.165) is 19.3 Å². The first-order valence-corrected chi connectivity index (χ1v) is 5.55. The summed E-state index contributed by atoms with van der Waals surface area (Å²) >= 11 is 5.53. The van der Waals surface area contributed by atoms with Gasteiger partial charge in [-0.3, -0.25) is 4.79 Å². The van der Waals surface area contributed by atoms with Crippen LogP contribution in [0.3, 0.4) is 0 Å². The average molecular weight is 215 g/mol. The van der Waals surface area contributed by atoms with Gasteiger partial charge >= 0.3 is 0 Å². The molecule has 0 bridgehead atoms. The molecule has 14 heavy (non-hydrogen) atoms. The van der Waals surface area contributed by atoms with Gasteiger partial charge in [-0.05, 0) is 19.3 Å². The number of carbonyl (C=O) groups is 1. The predicted octanol–water partition coefficient (Wildman–Crippen LogP) is 1.91. The zero-order chi connectivity index (χ0) is 10.4. The number of nitriles is 1. The van der Waals surface area contributed by atoms with Gasteiger partial charge in [0.25, 0.3) is 0 Å². The lowest BCUT2D eigenvalue weighted by Gasteiger charge is -2.20. The zero-order valence-electron chi connectivity index (χ0n) is 8.21. The minimum absolute atomic E-state index is 0.156. The molecule has 0 aromatic rings. The van der Waals surface area contributed by atoms with Crippen LogP contribution in [-0.4, -0.2) is 29.3 Å². The van der Waals surface area contributed by atoms with Crippen molar-refractivity contribution in [2.45, 2.75) is 38.1 Å². The van der Waals surface area contributed by atoms with E-state index < -0.39 is 0 Å². The number of rotatable bonds is 6. The summed E-state index contributed by atoms with van der Waals surface area (Å²) in [6.07, 6.45) is 3.88. The van der Waals surface area contributed by atoms with Crippen molar-refractivity contribution < 1.29 is 4.79 Å². The van der Waals surface area contributed by atoms with Crippen LogP contribution in [0.1, 0.15) is 32.1 Å². The van der Waals surface area contributed by atoms with Crippen LogP contribution in [0, 0.1) is 11.3 Å². The molecule has 1 fully saturated rings. The molecule has 78 valence electrons. The highest BCUT2D eigenvalue weighted by molar-refractivity contribution is 6.17. The van der Waals surface area contributed by atoms with Gasteiger partial charge in [0, 0.05) is 24.9 Å². The lowest BCUT2D eigenvalue weighted by Crippen LogP contribution is -2.33. The maximum absolute atomic E-state index is 11.6. The lowest BCUT2D eigenvalue weighted by atomic mass is 10.2. The van der Waals surface area contributed by atoms with Crippen molar-refractivity contribution in [3.63, 3.8) is 0 Å². The standard InChI is InChI=1S/C10H15ClN2O/c11-6-1-3-10(14)13(8-2-7-12)9-4-5-9/h9H,1-6,8H2. The minimum Gasteiger partial charge on any atom is -0.339 e. The monoisotopic (exact) mass is 214 g/mol. The minimum atomic E-state index is 0.156. The smallest absolute Gasteiger partial charge is 0.222 e. The van der Waals surface area contributed by atoms with E-state index in [2.05, 4.69) is 6.07 Å². The third-order valence-electron chi connectivity index (χ3n) is 2.30. The predicted molar refractivity (Wildman–Crippen MR) is 54.9 cm³/mol.